The van der Waals surface area contributed by atoms with Crippen LogP contribution in [0.5, 0.6) is 0 Å². The lowest BCUT2D eigenvalue weighted by atomic mass is 9.80. The summed E-state index contributed by atoms with van der Waals surface area (Å²) >= 11 is 0. The van der Waals surface area contributed by atoms with Crippen LogP contribution in [-0.4, -0.2) is 24.4 Å². The maximum atomic E-state index is 11.6. The van der Waals surface area contributed by atoms with Crippen molar-refractivity contribution >= 4 is 0 Å². The van der Waals surface area contributed by atoms with Crippen LogP contribution in [0.4, 0.5) is 0 Å². The van der Waals surface area contributed by atoms with Crippen molar-refractivity contribution in [1.82, 2.24) is 0 Å². The number of rotatable bonds is 12. The molecule has 3 nitrogen and oxygen atoms in total. The standard InChI is InChI=1S/C41H36O3/c42-39(31-43-40(33-19-7-1-8-20-33,34-21-9-2-10-22-34)35-23-11-3-12-24-35)32-44-41(36-25-13-4-14-26-36,37-27-15-5-16-28-37)38-29-17-6-18-30-38/h1-30,39,42H,31-32H2. The van der Waals surface area contributed by atoms with E-state index in [2.05, 4.69) is 72.8 Å². The minimum Gasteiger partial charge on any atom is -0.388 e. The molecule has 44 heavy (non-hydrogen) atoms. The molecule has 0 fully saturated rings. The van der Waals surface area contributed by atoms with E-state index < -0.39 is 17.3 Å². The van der Waals surface area contributed by atoms with Gasteiger partial charge in [-0.15, -0.1) is 0 Å². The Balaban J connectivity index is 1.36. The molecule has 3 heteroatoms. The van der Waals surface area contributed by atoms with Crippen LogP contribution in [-0.2, 0) is 20.7 Å². The number of benzene rings is 6. The lowest BCUT2D eigenvalue weighted by Crippen LogP contribution is -2.39. The topological polar surface area (TPSA) is 38.7 Å². The number of aliphatic hydroxyl groups excluding tert-OH is 1. The molecule has 0 amide bonds. The van der Waals surface area contributed by atoms with E-state index >= 15 is 0 Å². The average Bonchev–Trinajstić information content (AvgIpc) is 3.12. The molecule has 0 bridgehead atoms. The Kier molecular flexibility index (Phi) is 9.09. The molecule has 0 atom stereocenters. The van der Waals surface area contributed by atoms with Gasteiger partial charge in [0.1, 0.15) is 17.3 Å². The van der Waals surface area contributed by atoms with Gasteiger partial charge in [-0.2, -0.15) is 0 Å². The number of ether oxygens (including phenoxy) is 2. The summed E-state index contributed by atoms with van der Waals surface area (Å²) in [7, 11) is 0. The molecule has 6 rings (SSSR count). The first kappa shape index (κ1) is 29.3. The van der Waals surface area contributed by atoms with Gasteiger partial charge in [-0.3, -0.25) is 0 Å². The van der Waals surface area contributed by atoms with E-state index in [-0.39, 0.29) is 13.2 Å². The number of aliphatic hydroxyl groups is 1. The predicted octanol–water partition coefficient (Wildman–Crippen LogP) is 8.36. The van der Waals surface area contributed by atoms with Gasteiger partial charge in [0.25, 0.3) is 0 Å². The van der Waals surface area contributed by atoms with Gasteiger partial charge in [0.15, 0.2) is 0 Å². The summed E-state index contributed by atoms with van der Waals surface area (Å²) in [5.74, 6) is 0. The van der Waals surface area contributed by atoms with Crippen LogP contribution in [0.25, 0.3) is 0 Å². The van der Waals surface area contributed by atoms with E-state index in [4.69, 9.17) is 9.47 Å². The third-order valence-electron chi connectivity index (χ3n) is 8.07. The van der Waals surface area contributed by atoms with Crippen molar-refractivity contribution in [2.75, 3.05) is 13.2 Å². The summed E-state index contributed by atoms with van der Waals surface area (Å²) in [5, 5.41) is 11.6. The lowest BCUT2D eigenvalue weighted by molar-refractivity contribution is -0.0885. The second kappa shape index (κ2) is 13.7. The van der Waals surface area contributed by atoms with Crippen LogP contribution in [0.15, 0.2) is 182 Å². The summed E-state index contributed by atoms with van der Waals surface area (Å²) < 4.78 is 13.8. The van der Waals surface area contributed by atoms with Crippen molar-refractivity contribution in [1.29, 1.82) is 0 Å². The molecule has 0 aliphatic heterocycles. The van der Waals surface area contributed by atoms with E-state index in [1.165, 1.54) is 0 Å². The van der Waals surface area contributed by atoms with Crippen molar-refractivity contribution in [3.8, 4) is 0 Å². The third-order valence-corrected chi connectivity index (χ3v) is 8.07. The van der Waals surface area contributed by atoms with Crippen molar-refractivity contribution in [3.05, 3.63) is 215 Å². The predicted molar refractivity (Wildman–Crippen MR) is 176 cm³/mol. The zero-order chi connectivity index (χ0) is 30.1. The number of hydrogen-bond acceptors (Lipinski definition) is 3. The molecule has 0 aliphatic carbocycles. The quantitative estimate of drug-likeness (QED) is 0.149. The van der Waals surface area contributed by atoms with Gasteiger partial charge in [-0.25, -0.2) is 0 Å². The first-order valence-electron chi connectivity index (χ1n) is 15.0. The molecule has 0 unspecified atom stereocenters. The first-order valence-corrected chi connectivity index (χ1v) is 15.0. The molecular formula is C41H36O3. The summed E-state index contributed by atoms with van der Waals surface area (Å²) in [6, 6.07) is 61.2. The summed E-state index contributed by atoms with van der Waals surface area (Å²) in [6.07, 6.45) is -0.916. The van der Waals surface area contributed by atoms with Crippen molar-refractivity contribution in [2.45, 2.75) is 17.3 Å². The van der Waals surface area contributed by atoms with E-state index in [1.807, 2.05) is 109 Å². The van der Waals surface area contributed by atoms with Crippen molar-refractivity contribution in [2.24, 2.45) is 0 Å². The van der Waals surface area contributed by atoms with Crippen molar-refractivity contribution in [3.63, 3.8) is 0 Å². The summed E-state index contributed by atoms with van der Waals surface area (Å²) in [4.78, 5) is 0. The van der Waals surface area contributed by atoms with E-state index in [0.717, 1.165) is 33.4 Å². The summed E-state index contributed by atoms with van der Waals surface area (Å²) in [5.41, 5.74) is 4.04. The maximum absolute atomic E-state index is 11.6. The highest BCUT2D eigenvalue weighted by Crippen LogP contribution is 2.42. The van der Waals surface area contributed by atoms with Crippen molar-refractivity contribution < 1.29 is 14.6 Å². The molecule has 0 aliphatic rings. The fourth-order valence-corrected chi connectivity index (χ4v) is 6.03. The zero-order valence-corrected chi connectivity index (χ0v) is 24.6. The van der Waals surface area contributed by atoms with Crippen LogP contribution >= 0.6 is 0 Å². The zero-order valence-electron chi connectivity index (χ0n) is 24.6. The van der Waals surface area contributed by atoms with Crippen LogP contribution in [0.2, 0.25) is 0 Å². The smallest absolute Gasteiger partial charge is 0.143 e. The molecular weight excluding hydrogens is 540 g/mol. The largest absolute Gasteiger partial charge is 0.388 e. The normalized spacial score (nSPS) is 11.9. The molecule has 0 spiro atoms. The molecule has 0 heterocycles. The Morgan fingerprint density at radius 3 is 0.705 bits per heavy atom. The minimum absolute atomic E-state index is 0.0487. The lowest BCUT2D eigenvalue weighted by Gasteiger charge is -2.38. The Morgan fingerprint density at radius 1 is 0.341 bits per heavy atom. The first-order chi connectivity index (χ1) is 21.7. The monoisotopic (exact) mass is 576 g/mol. The van der Waals surface area contributed by atoms with Gasteiger partial charge < -0.3 is 14.6 Å². The highest BCUT2D eigenvalue weighted by Gasteiger charge is 2.40. The SMILES string of the molecule is OC(COC(c1ccccc1)(c1ccccc1)c1ccccc1)COC(c1ccccc1)(c1ccccc1)c1ccccc1. The van der Waals surface area contributed by atoms with Gasteiger partial charge in [0, 0.05) is 0 Å². The van der Waals surface area contributed by atoms with Gasteiger partial charge in [-0.05, 0) is 33.4 Å². The average molecular weight is 577 g/mol. The highest BCUT2D eigenvalue weighted by molar-refractivity contribution is 5.49. The highest BCUT2D eigenvalue weighted by atomic mass is 16.5. The molecule has 1 N–H and O–H groups in total. The second-order valence-electron chi connectivity index (χ2n) is 10.8. The van der Waals surface area contributed by atoms with E-state index in [1.54, 1.807) is 0 Å². The Labute approximate surface area is 260 Å². The van der Waals surface area contributed by atoms with Gasteiger partial charge >= 0.3 is 0 Å². The second-order valence-corrected chi connectivity index (χ2v) is 10.8. The molecule has 0 radical (unpaired) electrons. The van der Waals surface area contributed by atoms with Crippen LogP contribution < -0.4 is 0 Å². The fraction of sp³-hybridized carbons (Fsp3) is 0.122. The molecule has 0 saturated heterocycles. The van der Waals surface area contributed by atoms with Crippen LogP contribution in [0, 0.1) is 0 Å². The maximum Gasteiger partial charge on any atom is 0.143 e. The van der Waals surface area contributed by atoms with E-state index in [9.17, 15) is 5.11 Å². The molecule has 218 valence electrons. The Hall–Kier alpha value is -4.80. The number of hydrogen-bond donors (Lipinski definition) is 1. The molecule has 0 saturated carbocycles. The molecule has 6 aromatic rings. The Morgan fingerprint density at radius 2 is 0.523 bits per heavy atom. The van der Waals surface area contributed by atoms with Crippen LogP contribution in [0.1, 0.15) is 33.4 Å². The fourth-order valence-electron chi connectivity index (χ4n) is 6.03. The van der Waals surface area contributed by atoms with Gasteiger partial charge in [0.2, 0.25) is 0 Å². The molecule has 6 aromatic carbocycles. The van der Waals surface area contributed by atoms with Crippen LogP contribution in [0.3, 0.4) is 0 Å². The third kappa shape index (κ3) is 5.86. The van der Waals surface area contributed by atoms with Gasteiger partial charge in [0.05, 0.1) is 13.2 Å². The Bertz CT molecular complexity index is 1370. The van der Waals surface area contributed by atoms with E-state index in [0.29, 0.717) is 0 Å². The van der Waals surface area contributed by atoms with Gasteiger partial charge in [-0.1, -0.05) is 182 Å². The molecule has 0 aromatic heterocycles. The minimum atomic E-state index is -0.930. The summed E-state index contributed by atoms with van der Waals surface area (Å²) in [6.45, 7) is 0.0975.